The maximum atomic E-state index is 5.54. The van der Waals surface area contributed by atoms with E-state index in [9.17, 15) is 0 Å². The van der Waals surface area contributed by atoms with Crippen molar-refractivity contribution in [2.45, 2.75) is 26.4 Å². The molecule has 5 nitrogen and oxygen atoms in total. The summed E-state index contributed by atoms with van der Waals surface area (Å²) in [7, 11) is 0. The molecule has 0 saturated carbocycles. The molecule has 3 rings (SSSR count). The summed E-state index contributed by atoms with van der Waals surface area (Å²) in [6.45, 7) is 3.62. The van der Waals surface area contributed by atoms with Crippen LogP contribution in [0.25, 0.3) is 0 Å². The Morgan fingerprint density at radius 1 is 1.25 bits per heavy atom. The Hall–Kier alpha value is -1.53. The van der Waals surface area contributed by atoms with Crippen molar-refractivity contribution in [2.24, 2.45) is 0 Å². The first-order chi connectivity index (χ1) is 9.76. The van der Waals surface area contributed by atoms with Crippen molar-refractivity contribution < 1.29 is 13.9 Å². The van der Waals surface area contributed by atoms with Gasteiger partial charge >= 0.3 is 0 Å². The number of aromatic nitrogens is 1. The molecule has 0 spiro atoms. The first-order valence-electron chi connectivity index (χ1n) is 6.48. The van der Waals surface area contributed by atoms with Crippen molar-refractivity contribution in [3.8, 4) is 11.5 Å². The van der Waals surface area contributed by atoms with E-state index in [1.165, 1.54) is 0 Å². The summed E-state index contributed by atoms with van der Waals surface area (Å²) < 4.78 is 17.2. The number of hydrogen-bond acceptors (Lipinski definition) is 5. The predicted molar refractivity (Wildman–Crippen MR) is 76.7 cm³/mol. The van der Waals surface area contributed by atoms with Gasteiger partial charge in [0.15, 0.2) is 11.5 Å². The summed E-state index contributed by atoms with van der Waals surface area (Å²) in [6, 6.07) is 3.91. The topological polar surface area (TPSA) is 56.5 Å². The lowest BCUT2D eigenvalue weighted by Gasteiger charge is -2.07. The van der Waals surface area contributed by atoms with E-state index in [0.717, 1.165) is 33.7 Å². The molecule has 1 N–H and O–H groups in total. The Bertz CT molecular complexity index is 612. The SMILES string of the molecule is CCc1cnc(CNCc2cc3c(cc2Br)OCO3)o1. The number of aryl methyl sites for hydroxylation is 1. The second-order valence-corrected chi connectivity index (χ2v) is 5.33. The number of nitrogens with one attached hydrogen (secondary N) is 1. The standard InChI is InChI=1S/C14H15BrN2O3/c1-2-10-6-17-14(20-10)7-16-5-9-3-12-13(4-11(9)15)19-8-18-12/h3-4,6,16H,2,5,7-8H2,1H3. The lowest BCUT2D eigenvalue weighted by atomic mass is 10.2. The van der Waals surface area contributed by atoms with Crippen LogP contribution >= 0.6 is 15.9 Å². The summed E-state index contributed by atoms with van der Waals surface area (Å²) in [5.74, 6) is 3.18. The van der Waals surface area contributed by atoms with Crippen molar-refractivity contribution in [3.05, 3.63) is 40.0 Å². The Morgan fingerprint density at radius 2 is 2.05 bits per heavy atom. The molecule has 0 aliphatic carbocycles. The van der Waals surface area contributed by atoms with E-state index in [1.54, 1.807) is 6.20 Å². The van der Waals surface area contributed by atoms with Gasteiger partial charge in [-0.05, 0) is 17.7 Å². The maximum absolute atomic E-state index is 5.54. The van der Waals surface area contributed by atoms with Crippen molar-refractivity contribution in [1.29, 1.82) is 0 Å². The van der Waals surface area contributed by atoms with Crippen LogP contribution < -0.4 is 14.8 Å². The molecule has 0 fully saturated rings. The van der Waals surface area contributed by atoms with Crippen molar-refractivity contribution >= 4 is 15.9 Å². The van der Waals surface area contributed by atoms with Gasteiger partial charge in [0.05, 0.1) is 12.7 Å². The zero-order valence-electron chi connectivity index (χ0n) is 11.1. The highest BCUT2D eigenvalue weighted by Crippen LogP contribution is 2.36. The number of hydrogen-bond donors (Lipinski definition) is 1. The van der Waals surface area contributed by atoms with Crippen LogP contribution in [-0.4, -0.2) is 11.8 Å². The average molecular weight is 339 g/mol. The van der Waals surface area contributed by atoms with Crippen LogP contribution in [0.4, 0.5) is 0 Å². The Balaban J connectivity index is 1.61. The summed E-state index contributed by atoms with van der Waals surface area (Å²) in [5.41, 5.74) is 1.11. The molecule has 1 aliphatic rings. The Kier molecular flexibility index (Phi) is 3.93. The lowest BCUT2D eigenvalue weighted by Crippen LogP contribution is -2.13. The van der Waals surface area contributed by atoms with Crippen LogP contribution in [0.15, 0.2) is 27.2 Å². The number of halogens is 1. The number of rotatable bonds is 5. The molecular weight excluding hydrogens is 324 g/mol. The highest BCUT2D eigenvalue weighted by Gasteiger charge is 2.16. The molecule has 0 atom stereocenters. The second kappa shape index (κ2) is 5.85. The van der Waals surface area contributed by atoms with E-state index in [1.807, 2.05) is 19.1 Å². The van der Waals surface area contributed by atoms with Gasteiger partial charge in [-0.1, -0.05) is 22.9 Å². The number of benzene rings is 1. The van der Waals surface area contributed by atoms with Gasteiger partial charge in [0.25, 0.3) is 0 Å². The summed E-state index contributed by atoms with van der Waals surface area (Å²) in [5, 5.41) is 3.30. The monoisotopic (exact) mass is 338 g/mol. The Labute approximate surface area is 125 Å². The van der Waals surface area contributed by atoms with Crippen LogP contribution in [-0.2, 0) is 19.5 Å². The van der Waals surface area contributed by atoms with Crippen LogP contribution in [0.5, 0.6) is 11.5 Å². The van der Waals surface area contributed by atoms with Crippen molar-refractivity contribution in [2.75, 3.05) is 6.79 Å². The van der Waals surface area contributed by atoms with E-state index >= 15 is 0 Å². The molecule has 2 heterocycles. The number of nitrogens with zero attached hydrogens (tertiary/aromatic N) is 1. The minimum absolute atomic E-state index is 0.286. The zero-order valence-corrected chi connectivity index (χ0v) is 12.7. The zero-order chi connectivity index (χ0) is 13.9. The highest BCUT2D eigenvalue weighted by atomic mass is 79.9. The molecule has 0 saturated heterocycles. The van der Waals surface area contributed by atoms with Crippen LogP contribution in [0.2, 0.25) is 0 Å². The third-order valence-electron chi connectivity index (χ3n) is 3.08. The molecule has 0 unspecified atom stereocenters. The molecule has 1 aliphatic heterocycles. The van der Waals surface area contributed by atoms with E-state index < -0.39 is 0 Å². The second-order valence-electron chi connectivity index (χ2n) is 4.47. The van der Waals surface area contributed by atoms with Gasteiger partial charge in [-0.15, -0.1) is 0 Å². The van der Waals surface area contributed by atoms with E-state index in [-0.39, 0.29) is 6.79 Å². The number of fused-ring (bicyclic) bond motifs is 1. The first kappa shape index (κ1) is 13.5. The molecule has 1 aromatic heterocycles. The predicted octanol–water partition coefficient (Wildman–Crippen LogP) is 3.02. The quantitative estimate of drug-likeness (QED) is 0.908. The first-order valence-corrected chi connectivity index (χ1v) is 7.28. The lowest BCUT2D eigenvalue weighted by molar-refractivity contribution is 0.174. The minimum Gasteiger partial charge on any atom is -0.454 e. The summed E-state index contributed by atoms with van der Waals surface area (Å²) in [4.78, 5) is 4.21. The molecule has 0 bridgehead atoms. The van der Waals surface area contributed by atoms with Crippen molar-refractivity contribution in [3.63, 3.8) is 0 Å². The van der Waals surface area contributed by atoms with Gasteiger partial charge in [-0.3, -0.25) is 0 Å². The fourth-order valence-corrected chi connectivity index (χ4v) is 2.45. The van der Waals surface area contributed by atoms with E-state index in [4.69, 9.17) is 13.9 Å². The molecule has 106 valence electrons. The van der Waals surface area contributed by atoms with Gasteiger partial charge in [0, 0.05) is 17.4 Å². The average Bonchev–Trinajstić information content (AvgIpc) is 3.07. The third-order valence-corrected chi connectivity index (χ3v) is 3.82. The minimum atomic E-state index is 0.286. The molecule has 6 heteroatoms. The fraction of sp³-hybridized carbons (Fsp3) is 0.357. The Morgan fingerprint density at radius 3 is 2.80 bits per heavy atom. The molecule has 20 heavy (non-hydrogen) atoms. The van der Waals surface area contributed by atoms with E-state index in [0.29, 0.717) is 19.0 Å². The van der Waals surface area contributed by atoms with Gasteiger partial charge < -0.3 is 19.2 Å². The van der Waals surface area contributed by atoms with Crippen LogP contribution in [0, 0.1) is 0 Å². The fourth-order valence-electron chi connectivity index (χ4n) is 1.99. The smallest absolute Gasteiger partial charge is 0.231 e. The van der Waals surface area contributed by atoms with Gasteiger partial charge in [-0.2, -0.15) is 0 Å². The highest BCUT2D eigenvalue weighted by molar-refractivity contribution is 9.10. The normalized spacial score (nSPS) is 12.9. The van der Waals surface area contributed by atoms with Crippen LogP contribution in [0.1, 0.15) is 24.1 Å². The number of ether oxygens (including phenoxy) is 2. The van der Waals surface area contributed by atoms with Gasteiger partial charge in [0.1, 0.15) is 5.76 Å². The van der Waals surface area contributed by atoms with Crippen LogP contribution in [0.3, 0.4) is 0 Å². The summed E-state index contributed by atoms with van der Waals surface area (Å²) >= 11 is 3.54. The molecule has 0 radical (unpaired) electrons. The molecule has 1 aromatic carbocycles. The maximum Gasteiger partial charge on any atom is 0.231 e. The summed E-state index contributed by atoms with van der Waals surface area (Å²) in [6.07, 6.45) is 2.63. The molecule has 0 amide bonds. The van der Waals surface area contributed by atoms with Gasteiger partial charge in [-0.25, -0.2) is 4.98 Å². The van der Waals surface area contributed by atoms with Crippen molar-refractivity contribution in [1.82, 2.24) is 10.3 Å². The van der Waals surface area contributed by atoms with E-state index in [2.05, 4.69) is 26.2 Å². The largest absolute Gasteiger partial charge is 0.454 e. The number of oxazole rings is 1. The molecule has 2 aromatic rings. The molecular formula is C14H15BrN2O3. The third kappa shape index (κ3) is 2.81. The van der Waals surface area contributed by atoms with Gasteiger partial charge in [0.2, 0.25) is 12.7 Å².